The molecule has 1 N–H and O–H groups in total. The third kappa shape index (κ3) is 4.64. The van der Waals surface area contributed by atoms with Crippen molar-refractivity contribution in [3.63, 3.8) is 0 Å². The van der Waals surface area contributed by atoms with Gasteiger partial charge in [0, 0.05) is 22.7 Å². The van der Waals surface area contributed by atoms with E-state index in [1.54, 1.807) is 6.07 Å². The first-order valence-electron chi connectivity index (χ1n) is 7.59. The van der Waals surface area contributed by atoms with Gasteiger partial charge in [-0.25, -0.2) is 4.39 Å². The maximum atomic E-state index is 13.2. The number of amides is 1. The van der Waals surface area contributed by atoms with E-state index < -0.39 is 0 Å². The number of carbonyl (C=O) groups is 1. The van der Waals surface area contributed by atoms with Crippen LogP contribution in [0.15, 0.2) is 18.2 Å². The van der Waals surface area contributed by atoms with E-state index >= 15 is 0 Å². The Bertz CT molecular complexity index is 489. The Balaban J connectivity index is 2.10. The lowest BCUT2D eigenvalue weighted by Gasteiger charge is -2.30. The molecule has 2 rings (SSSR count). The molecule has 1 atom stereocenters. The summed E-state index contributed by atoms with van der Waals surface area (Å²) in [6.45, 7) is 4.59. The zero-order chi connectivity index (χ0) is 15.2. The van der Waals surface area contributed by atoms with Gasteiger partial charge >= 0.3 is 0 Å². The molecular formula is C16H22FIN2O. The van der Waals surface area contributed by atoms with E-state index in [4.69, 9.17) is 0 Å². The second-order valence-electron chi connectivity index (χ2n) is 5.52. The number of hydrogen-bond donors (Lipinski definition) is 1. The fourth-order valence-electron chi connectivity index (χ4n) is 2.72. The molecule has 0 saturated carbocycles. The minimum atomic E-state index is -0.299. The molecule has 3 nitrogen and oxygen atoms in total. The fourth-order valence-corrected chi connectivity index (χ4v) is 3.43. The van der Waals surface area contributed by atoms with Gasteiger partial charge in [0.1, 0.15) is 5.82 Å². The number of benzene rings is 1. The molecule has 1 saturated heterocycles. The molecule has 1 aliphatic heterocycles. The maximum Gasteiger partial charge on any atom is 0.254 e. The molecule has 1 fully saturated rings. The van der Waals surface area contributed by atoms with Crippen LogP contribution in [0.5, 0.6) is 0 Å². The summed E-state index contributed by atoms with van der Waals surface area (Å²) in [4.78, 5) is 14.6. The normalized spacial score (nSPS) is 18.5. The van der Waals surface area contributed by atoms with E-state index in [9.17, 15) is 9.18 Å². The van der Waals surface area contributed by atoms with Crippen molar-refractivity contribution in [1.82, 2.24) is 10.2 Å². The molecule has 116 valence electrons. The highest BCUT2D eigenvalue weighted by Gasteiger charge is 2.22. The van der Waals surface area contributed by atoms with Crippen LogP contribution in [-0.4, -0.2) is 36.5 Å². The Labute approximate surface area is 139 Å². The molecule has 1 unspecified atom stereocenters. The van der Waals surface area contributed by atoms with Crippen LogP contribution in [0.2, 0.25) is 0 Å². The third-order valence-corrected chi connectivity index (χ3v) is 4.69. The minimum absolute atomic E-state index is 0.00798. The zero-order valence-electron chi connectivity index (χ0n) is 12.4. The molecule has 1 aromatic rings. The number of hydrogen-bond acceptors (Lipinski definition) is 2. The lowest BCUT2D eigenvalue weighted by atomic mass is 10.0. The van der Waals surface area contributed by atoms with Gasteiger partial charge in [-0.15, -0.1) is 0 Å². The summed E-state index contributed by atoms with van der Waals surface area (Å²) in [7, 11) is 0. The summed E-state index contributed by atoms with van der Waals surface area (Å²) in [6.07, 6.45) is 4.48. The van der Waals surface area contributed by atoms with Gasteiger partial charge in [-0.2, -0.15) is 0 Å². The van der Waals surface area contributed by atoms with Gasteiger partial charge in [-0.05, 0) is 66.6 Å². The molecule has 0 aromatic heterocycles. The number of piperidine rings is 1. The fraction of sp³-hybridized carbons (Fsp3) is 0.562. The summed E-state index contributed by atoms with van der Waals surface area (Å²) in [5, 5.41) is 3.48. The molecule has 1 aliphatic rings. The van der Waals surface area contributed by atoms with Crippen molar-refractivity contribution in [3.05, 3.63) is 33.1 Å². The van der Waals surface area contributed by atoms with Crippen LogP contribution >= 0.6 is 22.6 Å². The quantitative estimate of drug-likeness (QED) is 0.763. The van der Waals surface area contributed by atoms with Crippen LogP contribution in [-0.2, 0) is 0 Å². The van der Waals surface area contributed by atoms with Crippen molar-refractivity contribution in [2.45, 2.75) is 38.6 Å². The molecule has 0 aliphatic carbocycles. The molecule has 1 amide bonds. The van der Waals surface area contributed by atoms with Crippen molar-refractivity contribution in [2.75, 3.05) is 19.6 Å². The predicted molar refractivity (Wildman–Crippen MR) is 91.0 cm³/mol. The smallest absolute Gasteiger partial charge is 0.254 e. The molecule has 0 bridgehead atoms. The van der Waals surface area contributed by atoms with Gasteiger partial charge in [0.15, 0.2) is 0 Å². The van der Waals surface area contributed by atoms with Crippen LogP contribution < -0.4 is 5.32 Å². The molecule has 1 heterocycles. The molecule has 21 heavy (non-hydrogen) atoms. The monoisotopic (exact) mass is 404 g/mol. The van der Waals surface area contributed by atoms with E-state index in [1.165, 1.54) is 25.0 Å². The molecular weight excluding hydrogens is 382 g/mol. The first-order valence-corrected chi connectivity index (χ1v) is 8.67. The number of halogens is 2. The van der Waals surface area contributed by atoms with Crippen molar-refractivity contribution >= 4 is 28.5 Å². The van der Waals surface area contributed by atoms with Gasteiger partial charge in [-0.3, -0.25) is 4.79 Å². The lowest BCUT2D eigenvalue weighted by Crippen LogP contribution is -2.46. The average Bonchev–Trinajstić information content (AvgIpc) is 2.47. The van der Waals surface area contributed by atoms with E-state index in [0.717, 1.165) is 32.5 Å². The number of rotatable bonds is 5. The Morgan fingerprint density at radius 3 is 2.90 bits per heavy atom. The molecule has 0 radical (unpaired) electrons. The molecule has 5 heteroatoms. The average molecular weight is 404 g/mol. The van der Waals surface area contributed by atoms with Gasteiger partial charge < -0.3 is 10.2 Å². The maximum absolute atomic E-state index is 13.2. The second kappa shape index (κ2) is 8.08. The topological polar surface area (TPSA) is 32.3 Å². The van der Waals surface area contributed by atoms with Gasteiger partial charge in [0.2, 0.25) is 0 Å². The molecule has 0 spiro atoms. The Kier molecular flexibility index (Phi) is 6.41. The molecule has 1 aromatic carbocycles. The highest BCUT2D eigenvalue weighted by atomic mass is 127. The van der Waals surface area contributed by atoms with Gasteiger partial charge in [0.25, 0.3) is 5.91 Å². The minimum Gasteiger partial charge on any atom is -0.337 e. The summed E-state index contributed by atoms with van der Waals surface area (Å²) < 4.78 is 13.9. The summed E-state index contributed by atoms with van der Waals surface area (Å²) in [6, 6.07) is 4.75. The lowest BCUT2D eigenvalue weighted by molar-refractivity contribution is 0.0730. The van der Waals surface area contributed by atoms with Crippen LogP contribution in [0.4, 0.5) is 4.39 Å². The SMILES string of the molecule is CCCN(CC1CCCCN1)C(=O)c1ccc(F)cc1I. The summed E-state index contributed by atoms with van der Waals surface area (Å²) in [5.74, 6) is -0.291. The first-order chi connectivity index (χ1) is 10.1. The summed E-state index contributed by atoms with van der Waals surface area (Å²) in [5.41, 5.74) is 0.598. The van der Waals surface area contributed by atoms with E-state index in [1.807, 2.05) is 27.5 Å². The van der Waals surface area contributed by atoms with Crippen LogP contribution in [0, 0.1) is 9.39 Å². The van der Waals surface area contributed by atoms with Crippen molar-refractivity contribution in [3.8, 4) is 0 Å². The predicted octanol–water partition coefficient (Wildman–Crippen LogP) is 3.42. The van der Waals surface area contributed by atoms with E-state index in [-0.39, 0.29) is 11.7 Å². The number of carbonyl (C=O) groups excluding carboxylic acids is 1. The van der Waals surface area contributed by atoms with E-state index in [0.29, 0.717) is 15.2 Å². The number of nitrogens with zero attached hydrogens (tertiary/aromatic N) is 1. The van der Waals surface area contributed by atoms with Crippen molar-refractivity contribution in [2.24, 2.45) is 0 Å². The number of nitrogens with one attached hydrogen (secondary N) is 1. The van der Waals surface area contributed by atoms with Crippen molar-refractivity contribution < 1.29 is 9.18 Å². The highest BCUT2D eigenvalue weighted by Crippen LogP contribution is 2.17. The Morgan fingerprint density at radius 1 is 1.48 bits per heavy atom. The van der Waals surface area contributed by atoms with Gasteiger partial charge in [0.05, 0.1) is 5.56 Å². The second-order valence-corrected chi connectivity index (χ2v) is 6.68. The largest absolute Gasteiger partial charge is 0.337 e. The highest BCUT2D eigenvalue weighted by molar-refractivity contribution is 14.1. The van der Waals surface area contributed by atoms with Gasteiger partial charge in [-0.1, -0.05) is 13.3 Å². The standard InChI is InChI=1S/C16H22FIN2O/c1-2-9-20(11-13-5-3-4-8-19-13)16(21)14-7-6-12(17)10-15(14)18/h6-7,10,13,19H,2-5,8-9,11H2,1H3. The van der Waals surface area contributed by atoms with Crippen LogP contribution in [0.1, 0.15) is 43.0 Å². The Hall–Kier alpha value is -0.690. The zero-order valence-corrected chi connectivity index (χ0v) is 14.5. The third-order valence-electron chi connectivity index (χ3n) is 3.80. The first kappa shape index (κ1) is 16.7. The summed E-state index contributed by atoms with van der Waals surface area (Å²) >= 11 is 2.03. The van der Waals surface area contributed by atoms with Crippen molar-refractivity contribution in [1.29, 1.82) is 0 Å². The van der Waals surface area contributed by atoms with E-state index in [2.05, 4.69) is 12.2 Å². The van der Waals surface area contributed by atoms with Crippen LogP contribution in [0.3, 0.4) is 0 Å². The Morgan fingerprint density at radius 2 is 2.29 bits per heavy atom. The van der Waals surface area contributed by atoms with Crippen LogP contribution in [0.25, 0.3) is 0 Å².